The Morgan fingerprint density at radius 2 is 2.00 bits per heavy atom. The Hall–Kier alpha value is -1.93. The molecule has 0 bridgehead atoms. The number of hydrogen-bond donors (Lipinski definition) is 2. The summed E-state index contributed by atoms with van der Waals surface area (Å²) in [5, 5.41) is 8.32. The number of nitrogens with one attached hydrogen (secondary N) is 2. The van der Waals surface area contributed by atoms with E-state index in [1.54, 1.807) is 6.20 Å². The highest BCUT2D eigenvalue weighted by Gasteiger charge is 2.15. The molecular formula is C21H29ClN4O3. The minimum atomic E-state index is -0.0135. The van der Waals surface area contributed by atoms with E-state index < -0.39 is 0 Å². The van der Waals surface area contributed by atoms with E-state index in [-0.39, 0.29) is 24.4 Å². The summed E-state index contributed by atoms with van der Waals surface area (Å²) in [5.41, 5.74) is 0. The van der Waals surface area contributed by atoms with Crippen LogP contribution in [0.25, 0.3) is 10.8 Å². The van der Waals surface area contributed by atoms with E-state index >= 15 is 0 Å². The normalized spacial score (nSPS) is 18.2. The Labute approximate surface area is 177 Å². The molecule has 0 spiro atoms. The molecule has 4 rings (SSSR count). The lowest BCUT2D eigenvalue weighted by Crippen LogP contribution is -2.38. The smallest absolute Gasteiger partial charge is 0.226 e. The van der Waals surface area contributed by atoms with Crippen molar-refractivity contribution in [1.82, 2.24) is 15.2 Å². The van der Waals surface area contributed by atoms with Crippen molar-refractivity contribution in [2.75, 3.05) is 51.3 Å². The third kappa shape index (κ3) is 6.27. The van der Waals surface area contributed by atoms with Gasteiger partial charge in [-0.3, -0.25) is 9.69 Å². The summed E-state index contributed by atoms with van der Waals surface area (Å²) in [7, 11) is 0. The number of pyridine rings is 1. The minimum absolute atomic E-state index is 0. The quantitative estimate of drug-likeness (QED) is 0.747. The molecule has 0 saturated carbocycles. The monoisotopic (exact) mass is 420 g/mol. The number of benzene rings is 1. The second kappa shape index (κ2) is 10.7. The first-order valence-electron chi connectivity index (χ1n) is 10.1. The molecule has 3 heterocycles. The number of fused-ring (bicyclic) bond motifs is 1. The number of morpholine rings is 1. The molecule has 0 unspecified atom stereocenters. The number of aromatic nitrogens is 1. The number of amides is 1. The lowest BCUT2D eigenvalue weighted by molar-refractivity contribution is -0.116. The number of nitrogens with zero attached hydrogens (tertiary/aromatic N) is 2. The molecule has 2 aliphatic heterocycles. The van der Waals surface area contributed by atoms with E-state index in [1.165, 1.54) is 0 Å². The molecule has 8 heteroatoms. The van der Waals surface area contributed by atoms with Crippen molar-refractivity contribution in [2.45, 2.75) is 25.4 Å². The van der Waals surface area contributed by atoms with Crippen LogP contribution in [0.3, 0.4) is 0 Å². The summed E-state index contributed by atoms with van der Waals surface area (Å²) in [6.07, 6.45) is 4.57. The molecule has 158 valence electrons. The van der Waals surface area contributed by atoms with Crippen molar-refractivity contribution < 1.29 is 14.3 Å². The fraction of sp³-hybridized carbons (Fsp3) is 0.524. The minimum Gasteiger partial charge on any atom is -0.490 e. The molecule has 7 nitrogen and oxygen atoms in total. The Balaban J connectivity index is 0.00000240. The Kier molecular flexibility index (Phi) is 8.06. The number of halogens is 1. The highest BCUT2D eigenvalue weighted by atomic mass is 35.5. The van der Waals surface area contributed by atoms with Gasteiger partial charge in [0.2, 0.25) is 5.91 Å². The molecule has 0 atom stereocenters. The molecule has 0 aliphatic carbocycles. The second-order valence-corrected chi connectivity index (χ2v) is 7.40. The van der Waals surface area contributed by atoms with Crippen molar-refractivity contribution in [2.24, 2.45) is 0 Å². The molecule has 2 saturated heterocycles. The summed E-state index contributed by atoms with van der Waals surface area (Å²) >= 11 is 0. The number of piperidine rings is 1. The third-order valence-corrected chi connectivity index (χ3v) is 5.31. The average Bonchev–Trinajstić information content (AvgIpc) is 2.73. The fourth-order valence-electron chi connectivity index (χ4n) is 3.66. The van der Waals surface area contributed by atoms with Gasteiger partial charge in [-0.15, -0.1) is 12.4 Å². The van der Waals surface area contributed by atoms with Crippen molar-refractivity contribution in [3.05, 3.63) is 30.5 Å². The largest absolute Gasteiger partial charge is 0.490 e. The van der Waals surface area contributed by atoms with Crippen LogP contribution in [0.15, 0.2) is 30.5 Å². The van der Waals surface area contributed by atoms with E-state index in [4.69, 9.17) is 9.47 Å². The molecular weight excluding hydrogens is 392 g/mol. The first-order chi connectivity index (χ1) is 13.8. The Bertz CT molecular complexity index is 808. The summed E-state index contributed by atoms with van der Waals surface area (Å²) < 4.78 is 11.5. The average molecular weight is 421 g/mol. The molecule has 2 aromatic rings. The lowest BCUT2D eigenvalue weighted by Gasteiger charge is -2.26. The van der Waals surface area contributed by atoms with Crippen LogP contribution in [0.2, 0.25) is 0 Å². The first kappa shape index (κ1) is 21.8. The van der Waals surface area contributed by atoms with Gasteiger partial charge in [-0.2, -0.15) is 0 Å². The Morgan fingerprint density at radius 3 is 2.79 bits per heavy atom. The molecule has 2 N–H and O–H groups in total. The maximum absolute atomic E-state index is 12.3. The van der Waals surface area contributed by atoms with E-state index in [1.807, 2.05) is 24.3 Å². The van der Waals surface area contributed by atoms with Gasteiger partial charge in [0, 0.05) is 37.6 Å². The van der Waals surface area contributed by atoms with Crippen LogP contribution < -0.4 is 15.4 Å². The number of rotatable bonds is 6. The van der Waals surface area contributed by atoms with Gasteiger partial charge in [0.25, 0.3) is 0 Å². The zero-order chi connectivity index (χ0) is 19.2. The summed E-state index contributed by atoms with van der Waals surface area (Å²) in [6, 6.07) is 7.95. The third-order valence-electron chi connectivity index (χ3n) is 5.31. The van der Waals surface area contributed by atoms with E-state index in [2.05, 4.69) is 20.5 Å². The second-order valence-electron chi connectivity index (χ2n) is 7.40. The predicted molar refractivity (Wildman–Crippen MR) is 116 cm³/mol. The summed E-state index contributed by atoms with van der Waals surface area (Å²) in [6.45, 7) is 6.02. The lowest BCUT2D eigenvalue weighted by atomic mass is 10.1. The highest BCUT2D eigenvalue weighted by Crippen LogP contribution is 2.24. The maximum Gasteiger partial charge on any atom is 0.226 e. The van der Waals surface area contributed by atoms with E-state index in [0.717, 1.165) is 75.3 Å². The van der Waals surface area contributed by atoms with Gasteiger partial charge in [0.1, 0.15) is 17.7 Å². The van der Waals surface area contributed by atoms with Crippen LogP contribution >= 0.6 is 12.4 Å². The molecule has 29 heavy (non-hydrogen) atoms. The standard InChI is InChI=1S/C21H28N4O3.ClH/c26-21(5-8-25-9-11-27-12-10-25)24-20-14-17-13-19(2-1-16(17)15-23-20)28-18-3-6-22-7-4-18;/h1-2,13-15,18,22H,3-12H2,(H,23,24,26);1H. The molecule has 2 fully saturated rings. The number of carbonyl (C=O) groups is 1. The van der Waals surface area contributed by atoms with Crippen LogP contribution in [0.5, 0.6) is 5.75 Å². The SMILES string of the molecule is Cl.O=C(CCN1CCOCC1)Nc1cc2cc(OC3CCNCC3)ccc2cn1. The fourth-order valence-corrected chi connectivity index (χ4v) is 3.66. The van der Waals surface area contributed by atoms with Crippen LogP contribution in [-0.2, 0) is 9.53 Å². The first-order valence-corrected chi connectivity index (χ1v) is 10.1. The maximum atomic E-state index is 12.3. The van der Waals surface area contributed by atoms with Gasteiger partial charge in [-0.1, -0.05) is 0 Å². The highest BCUT2D eigenvalue weighted by molar-refractivity contribution is 5.93. The summed E-state index contributed by atoms with van der Waals surface area (Å²) in [5.74, 6) is 1.44. The van der Waals surface area contributed by atoms with Crippen molar-refractivity contribution in [3.8, 4) is 5.75 Å². The van der Waals surface area contributed by atoms with E-state index in [9.17, 15) is 4.79 Å². The molecule has 2 aliphatic rings. The zero-order valence-electron chi connectivity index (χ0n) is 16.6. The van der Waals surface area contributed by atoms with Gasteiger partial charge in [0.15, 0.2) is 0 Å². The molecule has 1 aromatic heterocycles. The summed E-state index contributed by atoms with van der Waals surface area (Å²) in [4.78, 5) is 18.9. The number of carbonyl (C=O) groups excluding carboxylic acids is 1. The number of hydrogen-bond acceptors (Lipinski definition) is 6. The van der Waals surface area contributed by atoms with Gasteiger partial charge >= 0.3 is 0 Å². The van der Waals surface area contributed by atoms with Crippen molar-refractivity contribution >= 4 is 34.9 Å². The molecule has 1 aromatic carbocycles. The van der Waals surface area contributed by atoms with Gasteiger partial charge in [-0.25, -0.2) is 4.98 Å². The zero-order valence-corrected chi connectivity index (χ0v) is 17.4. The number of ether oxygens (including phenoxy) is 2. The van der Waals surface area contributed by atoms with Crippen molar-refractivity contribution in [3.63, 3.8) is 0 Å². The molecule has 1 amide bonds. The topological polar surface area (TPSA) is 75.7 Å². The van der Waals surface area contributed by atoms with Crippen LogP contribution in [0.4, 0.5) is 5.82 Å². The van der Waals surface area contributed by atoms with Gasteiger partial charge in [0.05, 0.1) is 13.2 Å². The van der Waals surface area contributed by atoms with Crippen molar-refractivity contribution in [1.29, 1.82) is 0 Å². The van der Waals surface area contributed by atoms with Gasteiger partial charge in [-0.05, 0) is 55.6 Å². The number of anilines is 1. The Morgan fingerprint density at radius 1 is 1.21 bits per heavy atom. The van der Waals surface area contributed by atoms with Crippen LogP contribution in [0.1, 0.15) is 19.3 Å². The van der Waals surface area contributed by atoms with Crippen LogP contribution in [0, 0.1) is 0 Å². The van der Waals surface area contributed by atoms with Crippen LogP contribution in [-0.4, -0.2) is 67.8 Å². The predicted octanol–water partition coefficient (Wildman–Crippen LogP) is 2.45. The van der Waals surface area contributed by atoms with E-state index in [0.29, 0.717) is 12.2 Å². The van der Waals surface area contributed by atoms with Gasteiger partial charge < -0.3 is 20.1 Å². The molecule has 0 radical (unpaired) electrons.